The number of likely N-dealkylation sites (tertiary alicyclic amines) is 1. The third-order valence-electron chi connectivity index (χ3n) is 7.50. The van der Waals surface area contributed by atoms with Crippen molar-refractivity contribution >= 4 is 11.8 Å². The van der Waals surface area contributed by atoms with Gasteiger partial charge in [0.15, 0.2) is 5.69 Å². The fraction of sp³-hybridized carbons (Fsp3) is 0.789. The number of aromatic nitrogens is 3. The zero-order valence-electron chi connectivity index (χ0n) is 15.4. The standard InChI is InChI=1S/C19H27N5O2/c1-23-21-11-14(22-23)16(25)20-12-18-5-2-4-15(18)24(7-3-6-18)17(26)19-8-13(9-19)10-19/h11,13,15H,2-10,12H2,1H3,(H,20,25). The number of carbonyl (C=O) groups excluding carboxylic acids is 2. The molecular weight excluding hydrogens is 330 g/mol. The highest BCUT2D eigenvalue weighted by Gasteiger charge is 2.64. The zero-order chi connectivity index (χ0) is 17.9. The minimum atomic E-state index is -0.166. The molecule has 5 aliphatic rings. The molecule has 5 fully saturated rings. The molecule has 2 heterocycles. The molecule has 1 saturated heterocycles. The first-order valence-electron chi connectivity index (χ1n) is 9.97. The smallest absolute Gasteiger partial charge is 0.273 e. The lowest BCUT2D eigenvalue weighted by molar-refractivity contribution is -0.183. The third-order valence-corrected chi connectivity index (χ3v) is 7.50. The fourth-order valence-corrected chi connectivity index (χ4v) is 6.03. The molecule has 1 aromatic rings. The molecule has 2 bridgehead atoms. The fourth-order valence-electron chi connectivity index (χ4n) is 6.03. The maximum atomic E-state index is 13.2. The average molecular weight is 357 g/mol. The van der Waals surface area contributed by atoms with E-state index in [0.29, 0.717) is 24.2 Å². The summed E-state index contributed by atoms with van der Waals surface area (Å²) in [6.45, 7) is 1.53. The van der Waals surface area contributed by atoms with Gasteiger partial charge in [-0.2, -0.15) is 9.90 Å². The first-order chi connectivity index (χ1) is 12.5. The molecule has 1 N–H and O–H groups in total. The molecule has 7 nitrogen and oxygen atoms in total. The van der Waals surface area contributed by atoms with Crippen LogP contribution in [0.1, 0.15) is 61.9 Å². The summed E-state index contributed by atoms with van der Waals surface area (Å²) < 4.78 is 0. The number of rotatable bonds is 4. The van der Waals surface area contributed by atoms with E-state index in [1.54, 1.807) is 7.05 Å². The summed E-state index contributed by atoms with van der Waals surface area (Å²) in [5, 5.41) is 11.1. The van der Waals surface area contributed by atoms with Gasteiger partial charge in [-0.25, -0.2) is 0 Å². The van der Waals surface area contributed by atoms with Crippen LogP contribution in [0, 0.1) is 16.7 Å². The summed E-state index contributed by atoms with van der Waals surface area (Å²) in [4.78, 5) is 29.2. The van der Waals surface area contributed by atoms with Crippen LogP contribution in [-0.2, 0) is 11.8 Å². The second-order valence-electron chi connectivity index (χ2n) is 9.03. The van der Waals surface area contributed by atoms with E-state index < -0.39 is 0 Å². The first-order valence-corrected chi connectivity index (χ1v) is 9.97. The van der Waals surface area contributed by atoms with Gasteiger partial charge in [-0.05, 0) is 50.9 Å². The van der Waals surface area contributed by atoms with Crippen LogP contribution in [0.15, 0.2) is 6.20 Å². The highest BCUT2D eigenvalue weighted by atomic mass is 16.2. The van der Waals surface area contributed by atoms with E-state index in [0.717, 1.165) is 63.8 Å². The molecule has 2 amide bonds. The first kappa shape index (κ1) is 16.3. The molecule has 0 radical (unpaired) electrons. The highest BCUT2D eigenvalue weighted by Crippen LogP contribution is 2.65. The molecule has 7 heteroatoms. The van der Waals surface area contributed by atoms with Gasteiger partial charge in [-0.3, -0.25) is 9.59 Å². The quantitative estimate of drug-likeness (QED) is 0.886. The number of piperidine rings is 1. The molecule has 2 unspecified atom stereocenters. The molecule has 0 aromatic carbocycles. The number of hydrogen-bond acceptors (Lipinski definition) is 4. The van der Waals surface area contributed by atoms with Crippen molar-refractivity contribution in [3.63, 3.8) is 0 Å². The Bertz CT molecular complexity index is 742. The maximum absolute atomic E-state index is 13.2. The van der Waals surface area contributed by atoms with Gasteiger partial charge < -0.3 is 10.2 Å². The summed E-state index contributed by atoms with van der Waals surface area (Å²) in [6, 6.07) is 0.292. The van der Waals surface area contributed by atoms with Crippen LogP contribution in [-0.4, -0.2) is 50.8 Å². The monoisotopic (exact) mass is 357 g/mol. The molecule has 140 valence electrons. The van der Waals surface area contributed by atoms with E-state index in [1.807, 2.05) is 0 Å². The Morgan fingerprint density at radius 3 is 2.69 bits per heavy atom. The largest absolute Gasteiger partial charge is 0.350 e. The Kier molecular flexibility index (Phi) is 3.46. The molecule has 0 spiro atoms. The number of fused-ring (bicyclic) bond motifs is 1. The lowest BCUT2D eigenvalue weighted by Gasteiger charge is -2.63. The van der Waals surface area contributed by atoms with Crippen molar-refractivity contribution in [2.45, 2.75) is 57.4 Å². The van der Waals surface area contributed by atoms with Crippen LogP contribution in [0.4, 0.5) is 0 Å². The third kappa shape index (κ3) is 2.25. The number of nitrogens with zero attached hydrogens (tertiary/aromatic N) is 4. The van der Waals surface area contributed by atoms with Crippen molar-refractivity contribution in [2.75, 3.05) is 13.1 Å². The van der Waals surface area contributed by atoms with Gasteiger partial charge in [0, 0.05) is 31.6 Å². The second-order valence-corrected chi connectivity index (χ2v) is 9.03. The van der Waals surface area contributed by atoms with E-state index in [1.165, 1.54) is 11.0 Å². The Morgan fingerprint density at radius 1 is 1.27 bits per heavy atom. The molecular formula is C19H27N5O2. The molecule has 4 saturated carbocycles. The lowest BCUT2D eigenvalue weighted by Crippen LogP contribution is -2.65. The second kappa shape index (κ2) is 5.54. The molecule has 4 aliphatic carbocycles. The number of amides is 2. The Labute approximate surface area is 153 Å². The van der Waals surface area contributed by atoms with Gasteiger partial charge >= 0.3 is 0 Å². The van der Waals surface area contributed by atoms with Gasteiger partial charge in [0.25, 0.3) is 5.91 Å². The van der Waals surface area contributed by atoms with E-state index >= 15 is 0 Å². The van der Waals surface area contributed by atoms with Crippen LogP contribution in [0.25, 0.3) is 0 Å². The lowest BCUT2D eigenvalue weighted by atomic mass is 9.44. The van der Waals surface area contributed by atoms with Crippen LogP contribution in [0.5, 0.6) is 0 Å². The van der Waals surface area contributed by atoms with E-state index in [4.69, 9.17) is 0 Å². The minimum Gasteiger partial charge on any atom is -0.350 e. The highest BCUT2D eigenvalue weighted by molar-refractivity contribution is 5.91. The van der Waals surface area contributed by atoms with Gasteiger partial charge in [-0.1, -0.05) is 6.42 Å². The van der Waals surface area contributed by atoms with Crippen LogP contribution in [0.3, 0.4) is 0 Å². The van der Waals surface area contributed by atoms with Gasteiger partial charge in [0.1, 0.15) is 0 Å². The van der Waals surface area contributed by atoms with Gasteiger partial charge in [-0.15, -0.1) is 5.10 Å². The van der Waals surface area contributed by atoms with Crippen molar-refractivity contribution in [3.05, 3.63) is 11.9 Å². The average Bonchev–Trinajstić information content (AvgIpc) is 3.15. The maximum Gasteiger partial charge on any atom is 0.273 e. The van der Waals surface area contributed by atoms with Crippen LogP contribution < -0.4 is 5.32 Å². The number of carbonyl (C=O) groups is 2. The predicted octanol–water partition coefficient (Wildman–Crippen LogP) is 1.51. The predicted molar refractivity (Wildman–Crippen MR) is 94.1 cm³/mol. The van der Waals surface area contributed by atoms with Crippen LogP contribution in [0.2, 0.25) is 0 Å². The normalized spacial score (nSPS) is 37.5. The van der Waals surface area contributed by atoms with Crippen molar-refractivity contribution in [3.8, 4) is 0 Å². The SMILES string of the molecule is Cn1ncc(C(=O)NCC23CCCC2N(C(=O)C24CC(C2)C4)CCC3)n1. The molecule has 1 aliphatic heterocycles. The number of aryl methyl sites for hydroxylation is 1. The zero-order valence-corrected chi connectivity index (χ0v) is 15.4. The topological polar surface area (TPSA) is 80.1 Å². The summed E-state index contributed by atoms with van der Waals surface area (Å²) >= 11 is 0. The van der Waals surface area contributed by atoms with E-state index in [9.17, 15) is 9.59 Å². The summed E-state index contributed by atoms with van der Waals surface area (Å²) in [5.41, 5.74) is 0.394. The van der Waals surface area contributed by atoms with Crippen molar-refractivity contribution in [1.29, 1.82) is 0 Å². The molecule has 1 aromatic heterocycles. The number of nitrogens with one attached hydrogen (secondary N) is 1. The Morgan fingerprint density at radius 2 is 2.04 bits per heavy atom. The molecule has 26 heavy (non-hydrogen) atoms. The number of hydrogen-bond donors (Lipinski definition) is 1. The minimum absolute atomic E-state index is 0.000781. The van der Waals surface area contributed by atoms with Crippen molar-refractivity contribution in [1.82, 2.24) is 25.2 Å². The van der Waals surface area contributed by atoms with Gasteiger partial charge in [0.05, 0.1) is 11.6 Å². The Hall–Kier alpha value is -1.92. The van der Waals surface area contributed by atoms with Crippen molar-refractivity contribution in [2.24, 2.45) is 23.8 Å². The summed E-state index contributed by atoms with van der Waals surface area (Å²) in [6.07, 6.45) is 10.3. The molecule has 6 rings (SSSR count). The van der Waals surface area contributed by atoms with Crippen LogP contribution >= 0.6 is 0 Å². The summed E-state index contributed by atoms with van der Waals surface area (Å²) in [5.74, 6) is 1.07. The van der Waals surface area contributed by atoms with Gasteiger partial charge in [0.2, 0.25) is 5.91 Å². The summed E-state index contributed by atoms with van der Waals surface area (Å²) in [7, 11) is 1.71. The molecule has 2 atom stereocenters. The van der Waals surface area contributed by atoms with E-state index in [-0.39, 0.29) is 16.7 Å². The van der Waals surface area contributed by atoms with Crippen molar-refractivity contribution < 1.29 is 9.59 Å². The van der Waals surface area contributed by atoms with E-state index in [2.05, 4.69) is 20.4 Å². The Balaban J connectivity index is 1.30.